The molecule has 0 unspecified atom stereocenters. The summed E-state index contributed by atoms with van der Waals surface area (Å²) in [5.74, 6) is 1.18. The minimum atomic E-state index is -3.51. The zero-order valence-electron chi connectivity index (χ0n) is 24.3. The van der Waals surface area contributed by atoms with Gasteiger partial charge in [-0.3, -0.25) is 4.79 Å². The molecule has 1 amide bonds. The van der Waals surface area contributed by atoms with Crippen LogP contribution in [0.4, 0.5) is 5.82 Å². The molecule has 2 heterocycles. The van der Waals surface area contributed by atoms with Crippen LogP contribution in [0.5, 0.6) is 0 Å². The molecular formula is C31H40ClN5O3S. The Bertz CT molecular complexity index is 1500. The van der Waals surface area contributed by atoms with Gasteiger partial charge in [-0.25, -0.2) is 18.4 Å². The van der Waals surface area contributed by atoms with Crippen LogP contribution >= 0.6 is 11.6 Å². The summed E-state index contributed by atoms with van der Waals surface area (Å²) in [5.41, 5.74) is 0.782. The fourth-order valence-electron chi connectivity index (χ4n) is 6.36. The third-order valence-corrected chi connectivity index (χ3v) is 10.9. The number of aryl methyl sites for hydroxylation is 1. The van der Waals surface area contributed by atoms with Crippen LogP contribution in [0.3, 0.4) is 0 Å². The van der Waals surface area contributed by atoms with Crippen molar-refractivity contribution in [2.24, 2.45) is 5.92 Å². The number of carbonyl (C=O) groups excluding carboxylic acids is 1. The summed E-state index contributed by atoms with van der Waals surface area (Å²) in [6.07, 6.45) is 3.74. The van der Waals surface area contributed by atoms with Crippen molar-refractivity contribution in [3.63, 3.8) is 0 Å². The van der Waals surface area contributed by atoms with Gasteiger partial charge in [-0.1, -0.05) is 36.7 Å². The zero-order valence-corrected chi connectivity index (χ0v) is 25.8. The highest BCUT2D eigenvalue weighted by molar-refractivity contribution is 7.91. The molecule has 2 aromatic carbocycles. The molecule has 8 nitrogen and oxygen atoms in total. The number of anilines is 1. The number of amides is 1. The third-order valence-electron chi connectivity index (χ3n) is 8.81. The maximum absolute atomic E-state index is 13.9. The Labute approximate surface area is 248 Å². The zero-order chi connectivity index (χ0) is 29.3. The lowest BCUT2D eigenvalue weighted by Crippen LogP contribution is -2.52. The first-order valence-corrected chi connectivity index (χ1v) is 16.6. The molecule has 1 aliphatic heterocycles. The normalized spacial score (nSPS) is 23.6. The standard InChI is InChI=1S/C31H40ClN5O3S/c1-5-29-33-26-13-11-22(32)18-25(26)30(35-29)34-27-15-16-37(31(27)38)28-14-12-23(36(4)20(2)3)17-21(28)19-41(39,40)24-9-7-6-8-10-24/h6-11,13,18,20-21,23,27-28H,5,12,14-17,19H2,1-4H3,(H,33,34,35)/t21-,23+,27-,28-/m0/s1. The van der Waals surface area contributed by atoms with Crippen molar-refractivity contribution < 1.29 is 13.2 Å². The van der Waals surface area contributed by atoms with Crippen LogP contribution in [-0.2, 0) is 21.1 Å². The average Bonchev–Trinajstić information content (AvgIpc) is 3.32. The summed E-state index contributed by atoms with van der Waals surface area (Å²) in [5, 5.41) is 4.77. The summed E-state index contributed by atoms with van der Waals surface area (Å²) < 4.78 is 27.0. The average molecular weight is 598 g/mol. The number of likely N-dealkylation sites (tertiary alicyclic amines) is 1. The Hall–Kier alpha value is -2.75. The molecule has 10 heteroatoms. The van der Waals surface area contributed by atoms with Gasteiger partial charge in [0.2, 0.25) is 5.91 Å². The highest BCUT2D eigenvalue weighted by Gasteiger charge is 2.44. The second-order valence-corrected chi connectivity index (χ2v) is 14.1. The number of nitrogens with zero attached hydrogens (tertiary/aromatic N) is 4. The van der Waals surface area contributed by atoms with E-state index in [1.807, 2.05) is 30.0 Å². The molecule has 0 spiro atoms. The second-order valence-electron chi connectivity index (χ2n) is 11.7. The highest BCUT2D eigenvalue weighted by Crippen LogP contribution is 2.36. The van der Waals surface area contributed by atoms with Gasteiger partial charge in [-0.15, -0.1) is 0 Å². The predicted molar refractivity (Wildman–Crippen MR) is 164 cm³/mol. The Morgan fingerprint density at radius 1 is 1.10 bits per heavy atom. The Morgan fingerprint density at radius 3 is 2.56 bits per heavy atom. The van der Waals surface area contributed by atoms with Crippen molar-refractivity contribution in [1.82, 2.24) is 19.8 Å². The van der Waals surface area contributed by atoms with Gasteiger partial charge in [0.15, 0.2) is 9.84 Å². The molecule has 0 radical (unpaired) electrons. The van der Waals surface area contributed by atoms with Crippen LogP contribution < -0.4 is 5.32 Å². The molecular weight excluding hydrogens is 558 g/mol. The largest absolute Gasteiger partial charge is 0.358 e. The van der Waals surface area contributed by atoms with Gasteiger partial charge in [0.25, 0.3) is 0 Å². The highest BCUT2D eigenvalue weighted by atomic mass is 35.5. The smallest absolute Gasteiger partial charge is 0.245 e. The molecule has 2 aliphatic rings. The fourth-order valence-corrected chi connectivity index (χ4v) is 8.22. The van der Waals surface area contributed by atoms with Crippen molar-refractivity contribution in [3.8, 4) is 0 Å². The van der Waals surface area contributed by atoms with Gasteiger partial charge in [-0.2, -0.15) is 0 Å². The van der Waals surface area contributed by atoms with E-state index in [4.69, 9.17) is 16.6 Å². The molecule has 220 valence electrons. The molecule has 4 atom stereocenters. The maximum atomic E-state index is 13.9. The molecule has 1 aliphatic carbocycles. The molecule has 1 aromatic heterocycles. The van der Waals surface area contributed by atoms with E-state index >= 15 is 0 Å². The van der Waals surface area contributed by atoms with Crippen LogP contribution in [-0.4, -0.2) is 77.6 Å². The Morgan fingerprint density at radius 2 is 1.85 bits per heavy atom. The van der Waals surface area contributed by atoms with Crippen molar-refractivity contribution in [2.75, 3.05) is 24.7 Å². The lowest BCUT2D eigenvalue weighted by atomic mass is 9.81. The van der Waals surface area contributed by atoms with E-state index in [0.717, 1.165) is 30.2 Å². The summed E-state index contributed by atoms with van der Waals surface area (Å²) in [7, 11) is -1.40. The van der Waals surface area contributed by atoms with Gasteiger partial charge in [0.1, 0.15) is 17.7 Å². The lowest BCUT2D eigenvalue weighted by molar-refractivity contribution is -0.132. The summed E-state index contributed by atoms with van der Waals surface area (Å²) >= 11 is 6.29. The molecule has 5 rings (SSSR count). The minimum Gasteiger partial charge on any atom is -0.358 e. The van der Waals surface area contributed by atoms with Crippen LogP contribution in [0, 0.1) is 5.92 Å². The Balaban J connectivity index is 1.39. The van der Waals surface area contributed by atoms with Gasteiger partial charge < -0.3 is 15.1 Å². The number of hydrogen-bond donors (Lipinski definition) is 1. The van der Waals surface area contributed by atoms with Crippen molar-refractivity contribution in [1.29, 1.82) is 0 Å². The number of nitrogens with one attached hydrogen (secondary N) is 1. The molecule has 1 saturated carbocycles. The number of carbonyl (C=O) groups is 1. The quantitative estimate of drug-likeness (QED) is 0.362. The number of sulfone groups is 1. The molecule has 0 bridgehead atoms. The third kappa shape index (κ3) is 6.37. The van der Waals surface area contributed by atoms with Gasteiger partial charge >= 0.3 is 0 Å². The maximum Gasteiger partial charge on any atom is 0.245 e. The van der Waals surface area contributed by atoms with Gasteiger partial charge in [-0.05, 0) is 82.8 Å². The summed E-state index contributed by atoms with van der Waals surface area (Å²) in [6, 6.07) is 14.2. The predicted octanol–water partition coefficient (Wildman–Crippen LogP) is 5.21. The van der Waals surface area contributed by atoms with Crippen molar-refractivity contribution >= 4 is 44.1 Å². The molecule has 3 aromatic rings. The molecule has 1 N–H and O–H groups in total. The lowest BCUT2D eigenvalue weighted by Gasteiger charge is -2.44. The molecule has 41 heavy (non-hydrogen) atoms. The van der Waals surface area contributed by atoms with Crippen LogP contribution in [0.25, 0.3) is 10.9 Å². The van der Waals surface area contributed by atoms with E-state index < -0.39 is 15.9 Å². The number of fused-ring (bicyclic) bond motifs is 1. The first-order chi connectivity index (χ1) is 19.6. The van der Waals surface area contributed by atoms with Gasteiger partial charge in [0.05, 0.1) is 16.2 Å². The number of hydrogen-bond acceptors (Lipinski definition) is 7. The van der Waals surface area contributed by atoms with E-state index in [0.29, 0.717) is 47.0 Å². The number of rotatable bonds is 9. The summed E-state index contributed by atoms with van der Waals surface area (Å²) in [6.45, 7) is 6.91. The summed E-state index contributed by atoms with van der Waals surface area (Å²) in [4.78, 5) is 27.8. The second kappa shape index (κ2) is 12.2. The van der Waals surface area contributed by atoms with Crippen molar-refractivity contribution in [3.05, 3.63) is 59.4 Å². The van der Waals surface area contributed by atoms with Crippen LogP contribution in [0.2, 0.25) is 5.02 Å². The Kier molecular flexibility index (Phi) is 8.87. The molecule has 1 saturated heterocycles. The van der Waals surface area contributed by atoms with Gasteiger partial charge in [0, 0.05) is 41.5 Å². The first-order valence-electron chi connectivity index (χ1n) is 14.6. The number of halogens is 1. The SMILES string of the molecule is CCc1nc(N[C@H]2CCN([C@H]3CC[C@@H](N(C)C(C)C)C[C@H]3CS(=O)(=O)c3ccccc3)C2=O)c2cc(Cl)ccc2n1. The topological polar surface area (TPSA) is 95.5 Å². The van der Waals surface area contributed by atoms with Crippen LogP contribution in [0.1, 0.15) is 52.3 Å². The first kappa shape index (κ1) is 29.7. The van der Waals surface area contributed by atoms with E-state index in [-0.39, 0.29) is 29.7 Å². The van der Waals surface area contributed by atoms with E-state index in [1.165, 1.54) is 0 Å². The van der Waals surface area contributed by atoms with E-state index in [1.54, 1.807) is 30.3 Å². The minimum absolute atomic E-state index is 0.000359. The number of benzene rings is 2. The van der Waals surface area contributed by atoms with E-state index in [9.17, 15) is 13.2 Å². The van der Waals surface area contributed by atoms with Crippen molar-refractivity contribution in [2.45, 2.75) is 81.9 Å². The molecule has 2 fully saturated rings. The van der Waals surface area contributed by atoms with E-state index in [2.05, 4.69) is 36.1 Å². The number of aromatic nitrogens is 2. The fraction of sp³-hybridized carbons (Fsp3) is 0.516. The van der Waals surface area contributed by atoms with Crippen LogP contribution in [0.15, 0.2) is 53.4 Å². The monoisotopic (exact) mass is 597 g/mol.